The van der Waals surface area contributed by atoms with Crippen LogP contribution in [0.15, 0.2) is 0 Å². The van der Waals surface area contributed by atoms with Crippen LogP contribution in [0.5, 0.6) is 0 Å². The van der Waals surface area contributed by atoms with Crippen LogP contribution in [-0.2, 0) is 9.31 Å². The van der Waals surface area contributed by atoms with Crippen molar-refractivity contribution in [3.8, 4) is 0 Å². The Morgan fingerprint density at radius 1 is 1.15 bits per heavy atom. The molecule has 0 spiro atoms. The highest BCUT2D eigenvalue weighted by molar-refractivity contribution is 6.46. The Morgan fingerprint density at radius 2 is 1.92 bits per heavy atom. The van der Waals surface area contributed by atoms with Crippen LogP contribution in [0, 0.1) is 11.8 Å². The molecule has 0 N–H and O–H groups in total. The third kappa shape index (κ3) is 1.17. The summed E-state index contributed by atoms with van der Waals surface area (Å²) in [5.41, 5.74) is 0. The van der Waals surface area contributed by atoms with E-state index in [2.05, 4.69) is 13.8 Å². The molecule has 0 radical (unpaired) electrons. The summed E-state index contributed by atoms with van der Waals surface area (Å²) >= 11 is 0. The number of hydrogen-bond donors (Lipinski definition) is 0. The monoisotopic (exact) mass is 180 g/mol. The Balaban J connectivity index is 1.72. The minimum atomic E-state index is 0.0781. The van der Waals surface area contributed by atoms with Gasteiger partial charge in [0, 0.05) is 0 Å². The first kappa shape index (κ1) is 8.31. The first-order chi connectivity index (χ1) is 6.24. The standard InChI is InChI=1S/C10H17BO2/c1-6(2)11-12-9-5-7-3-8(4-7)10(9)13-11/h6-10H,3-5H2,1-2H3. The molecule has 0 aromatic heterocycles. The molecule has 72 valence electrons. The molecule has 1 aliphatic heterocycles. The van der Waals surface area contributed by atoms with Gasteiger partial charge in [0.1, 0.15) is 0 Å². The average molecular weight is 180 g/mol. The van der Waals surface area contributed by atoms with Crippen molar-refractivity contribution < 1.29 is 9.31 Å². The van der Waals surface area contributed by atoms with Gasteiger partial charge in [0.15, 0.2) is 0 Å². The SMILES string of the molecule is CC(C)B1OC2CC3CC(C3)C2O1. The second-order valence-corrected chi connectivity index (χ2v) is 5.22. The zero-order valence-corrected chi connectivity index (χ0v) is 8.40. The molecule has 3 heteroatoms. The molecule has 3 saturated carbocycles. The average Bonchev–Trinajstić information content (AvgIpc) is 2.44. The van der Waals surface area contributed by atoms with Gasteiger partial charge in [-0.1, -0.05) is 13.8 Å². The summed E-state index contributed by atoms with van der Waals surface area (Å²) in [7, 11) is 0.0781. The maximum absolute atomic E-state index is 5.95. The van der Waals surface area contributed by atoms with E-state index in [1.165, 1.54) is 19.3 Å². The van der Waals surface area contributed by atoms with Crippen molar-refractivity contribution in [1.29, 1.82) is 0 Å². The fourth-order valence-corrected chi connectivity index (χ4v) is 3.02. The molecule has 0 aromatic rings. The van der Waals surface area contributed by atoms with Crippen molar-refractivity contribution in [2.75, 3.05) is 0 Å². The Morgan fingerprint density at radius 3 is 2.54 bits per heavy atom. The molecule has 4 aliphatic rings. The Hall–Kier alpha value is -0.0151. The van der Waals surface area contributed by atoms with Crippen LogP contribution in [0.1, 0.15) is 33.1 Å². The van der Waals surface area contributed by atoms with E-state index in [0.717, 1.165) is 11.8 Å². The fourth-order valence-electron chi connectivity index (χ4n) is 3.02. The van der Waals surface area contributed by atoms with Crippen molar-refractivity contribution in [3.05, 3.63) is 0 Å². The molecule has 2 bridgehead atoms. The van der Waals surface area contributed by atoms with E-state index in [0.29, 0.717) is 18.0 Å². The Labute approximate surface area is 80.1 Å². The van der Waals surface area contributed by atoms with E-state index in [-0.39, 0.29) is 7.12 Å². The van der Waals surface area contributed by atoms with Crippen LogP contribution in [-0.4, -0.2) is 19.3 Å². The fraction of sp³-hybridized carbons (Fsp3) is 1.00. The number of hydrogen-bond acceptors (Lipinski definition) is 2. The zero-order chi connectivity index (χ0) is 9.00. The van der Waals surface area contributed by atoms with Crippen molar-refractivity contribution in [1.82, 2.24) is 0 Å². The van der Waals surface area contributed by atoms with Crippen molar-refractivity contribution in [2.45, 2.75) is 51.1 Å². The van der Waals surface area contributed by atoms with Crippen molar-refractivity contribution >= 4 is 7.12 Å². The molecule has 2 unspecified atom stereocenters. The maximum atomic E-state index is 5.95. The predicted molar refractivity (Wildman–Crippen MR) is 51.4 cm³/mol. The molecule has 1 saturated heterocycles. The second kappa shape index (κ2) is 2.74. The van der Waals surface area contributed by atoms with Gasteiger partial charge in [0.25, 0.3) is 0 Å². The minimum absolute atomic E-state index is 0.0781. The van der Waals surface area contributed by atoms with Crippen LogP contribution in [0.4, 0.5) is 0 Å². The lowest BCUT2D eigenvalue weighted by molar-refractivity contribution is -0.0439. The van der Waals surface area contributed by atoms with Crippen molar-refractivity contribution in [3.63, 3.8) is 0 Å². The molecule has 3 aliphatic carbocycles. The van der Waals surface area contributed by atoms with E-state index < -0.39 is 0 Å². The van der Waals surface area contributed by atoms with E-state index >= 15 is 0 Å². The highest BCUT2D eigenvalue weighted by Gasteiger charge is 2.53. The largest absolute Gasteiger partial charge is 0.460 e. The first-order valence-electron chi connectivity index (χ1n) is 5.55. The van der Waals surface area contributed by atoms with Crippen LogP contribution in [0.2, 0.25) is 5.82 Å². The summed E-state index contributed by atoms with van der Waals surface area (Å²) in [5.74, 6) is 2.29. The number of rotatable bonds is 1. The highest BCUT2D eigenvalue weighted by atomic mass is 16.7. The molecular formula is C10H17BO2. The van der Waals surface area contributed by atoms with Gasteiger partial charge in [0.2, 0.25) is 0 Å². The van der Waals surface area contributed by atoms with Gasteiger partial charge in [-0.3, -0.25) is 0 Å². The molecular weight excluding hydrogens is 163 g/mol. The van der Waals surface area contributed by atoms with E-state index in [1.807, 2.05) is 0 Å². The topological polar surface area (TPSA) is 18.5 Å². The summed E-state index contributed by atoms with van der Waals surface area (Å²) in [5, 5.41) is 0. The first-order valence-corrected chi connectivity index (χ1v) is 5.55. The minimum Gasteiger partial charge on any atom is -0.406 e. The van der Waals surface area contributed by atoms with Gasteiger partial charge in [-0.25, -0.2) is 0 Å². The lowest BCUT2D eigenvalue weighted by Gasteiger charge is -2.47. The molecule has 1 heterocycles. The smallest absolute Gasteiger partial charge is 0.406 e. The summed E-state index contributed by atoms with van der Waals surface area (Å²) in [6.07, 6.45) is 4.93. The third-order valence-corrected chi connectivity index (χ3v) is 3.81. The Kier molecular flexibility index (Phi) is 1.75. The molecule has 4 fully saturated rings. The summed E-state index contributed by atoms with van der Waals surface area (Å²) in [4.78, 5) is 0. The molecule has 4 rings (SSSR count). The van der Waals surface area contributed by atoms with Gasteiger partial charge >= 0.3 is 7.12 Å². The highest BCUT2D eigenvalue weighted by Crippen LogP contribution is 2.50. The molecule has 0 aromatic carbocycles. The predicted octanol–water partition coefficient (Wildman–Crippen LogP) is 2.10. The summed E-state index contributed by atoms with van der Waals surface area (Å²) in [6, 6.07) is 0. The normalized spacial score (nSPS) is 47.8. The van der Waals surface area contributed by atoms with E-state index in [1.54, 1.807) is 0 Å². The van der Waals surface area contributed by atoms with Gasteiger partial charge in [-0.05, 0) is 36.9 Å². The van der Waals surface area contributed by atoms with Crippen molar-refractivity contribution in [2.24, 2.45) is 11.8 Å². The van der Waals surface area contributed by atoms with E-state index in [9.17, 15) is 0 Å². The van der Waals surface area contributed by atoms with E-state index in [4.69, 9.17) is 9.31 Å². The van der Waals surface area contributed by atoms with Gasteiger partial charge in [-0.15, -0.1) is 0 Å². The maximum Gasteiger partial charge on any atom is 0.460 e. The van der Waals surface area contributed by atoms with Gasteiger partial charge < -0.3 is 9.31 Å². The van der Waals surface area contributed by atoms with Crippen LogP contribution >= 0.6 is 0 Å². The van der Waals surface area contributed by atoms with Gasteiger partial charge in [0.05, 0.1) is 12.2 Å². The third-order valence-electron chi connectivity index (χ3n) is 3.81. The lowest BCUT2D eigenvalue weighted by Crippen LogP contribution is -2.47. The second-order valence-electron chi connectivity index (χ2n) is 5.22. The lowest BCUT2D eigenvalue weighted by atomic mass is 9.63. The summed E-state index contributed by atoms with van der Waals surface area (Å²) in [6.45, 7) is 4.35. The van der Waals surface area contributed by atoms with Crippen LogP contribution < -0.4 is 0 Å². The molecule has 13 heavy (non-hydrogen) atoms. The summed E-state index contributed by atoms with van der Waals surface area (Å²) < 4.78 is 11.9. The van der Waals surface area contributed by atoms with Crippen LogP contribution in [0.3, 0.4) is 0 Å². The zero-order valence-electron chi connectivity index (χ0n) is 8.40. The molecule has 0 amide bonds. The van der Waals surface area contributed by atoms with Gasteiger partial charge in [-0.2, -0.15) is 0 Å². The quantitative estimate of drug-likeness (QED) is 0.575. The van der Waals surface area contributed by atoms with Crippen LogP contribution in [0.25, 0.3) is 0 Å². The Bertz CT molecular complexity index is 213. The molecule has 2 atom stereocenters. The molecule has 2 nitrogen and oxygen atoms in total.